The first-order chi connectivity index (χ1) is 11.8. The molecule has 1 N–H and O–H groups in total. The van der Waals surface area contributed by atoms with Gasteiger partial charge < -0.3 is 10.1 Å². The zero-order chi connectivity index (χ0) is 18.4. The van der Waals surface area contributed by atoms with Crippen LogP contribution < -0.4 is 5.32 Å². The normalized spacial score (nSPS) is 12.8. The van der Waals surface area contributed by atoms with Crippen molar-refractivity contribution in [2.24, 2.45) is 0 Å². The Balaban J connectivity index is 1.82. The van der Waals surface area contributed by atoms with E-state index in [1.165, 1.54) is 17.6 Å². The van der Waals surface area contributed by atoms with E-state index in [2.05, 4.69) is 5.32 Å². The Hall–Kier alpha value is -1.41. The van der Waals surface area contributed by atoms with Crippen LogP contribution in [0.1, 0.15) is 23.0 Å². The quantitative estimate of drug-likeness (QED) is 0.737. The Bertz CT molecular complexity index is 815. The number of nitrogens with one attached hydrogen (secondary N) is 1. The lowest BCUT2D eigenvalue weighted by atomic mass is 10.1. The molecule has 136 valence electrons. The summed E-state index contributed by atoms with van der Waals surface area (Å²) in [7, 11) is -1.61. The molecule has 0 bridgehead atoms. The van der Waals surface area contributed by atoms with E-state index in [4.69, 9.17) is 16.3 Å². The molecule has 5 nitrogen and oxygen atoms in total. The van der Waals surface area contributed by atoms with Gasteiger partial charge in [0.2, 0.25) is 5.91 Å². The lowest BCUT2D eigenvalue weighted by Crippen LogP contribution is -2.29. The van der Waals surface area contributed by atoms with E-state index in [1.807, 2.05) is 6.07 Å². The number of amides is 1. The molecule has 2 aromatic rings. The average Bonchev–Trinajstić information content (AvgIpc) is 2.99. The molecule has 0 spiro atoms. The maximum absolute atomic E-state index is 12.0. The van der Waals surface area contributed by atoms with Crippen LogP contribution in [-0.4, -0.2) is 34.2 Å². The first-order valence-electron chi connectivity index (χ1n) is 7.63. The maximum Gasteiger partial charge on any atom is 0.220 e. The van der Waals surface area contributed by atoms with Gasteiger partial charge in [-0.05, 0) is 36.2 Å². The van der Waals surface area contributed by atoms with Crippen LogP contribution in [0.25, 0.3) is 0 Å². The molecule has 1 atom stereocenters. The second kappa shape index (κ2) is 8.80. The Labute approximate surface area is 156 Å². The van der Waals surface area contributed by atoms with Crippen molar-refractivity contribution in [2.75, 3.05) is 19.9 Å². The summed E-state index contributed by atoms with van der Waals surface area (Å²) in [4.78, 5) is 13.3. The van der Waals surface area contributed by atoms with Gasteiger partial charge in [0.05, 0.1) is 9.23 Å². The van der Waals surface area contributed by atoms with Crippen molar-refractivity contribution < 1.29 is 17.9 Å². The lowest BCUT2D eigenvalue weighted by Gasteiger charge is -2.14. The number of carbonyl (C=O) groups is 1. The number of benzene rings is 1. The minimum Gasteiger partial charge on any atom is -0.374 e. The van der Waals surface area contributed by atoms with Gasteiger partial charge in [-0.15, -0.1) is 11.3 Å². The SMILES string of the molecule is CO[C@@H](CNC(=O)CCc1ccc(S(C)(=O)=O)cc1)c1ccc(Cl)s1. The third kappa shape index (κ3) is 6.11. The number of ether oxygens (including phenoxy) is 1. The van der Waals surface area contributed by atoms with Crippen LogP contribution in [0.15, 0.2) is 41.3 Å². The first-order valence-corrected chi connectivity index (χ1v) is 10.7. The van der Waals surface area contributed by atoms with E-state index < -0.39 is 9.84 Å². The van der Waals surface area contributed by atoms with Crippen LogP contribution in [0.2, 0.25) is 4.34 Å². The molecule has 0 radical (unpaired) electrons. The van der Waals surface area contributed by atoms with E-state index in [1.54, 1.807) is 37.4 Å². The summed E-state index contributed by atoms with van der Waals surface area (Å²) < 4.78 is 28.9. The molecule has 0 saturated heterocycles. The van der Waals surface area contributed by atoms with Crippen LogP contribution in [0, 0.1) is 0 Å². The number of hydrogen-bond acceptors (Lipinski definition) is 5. The van der Waals surface area contributed by atoms with Crippen LogP contribution in [0.5, 0.6) is 0 Å². The van der Waals surface area contributed by atoms with Crippen LogP contribution in [0.4, 0.5) is 0 Å². The fraction of sp³-hybridized carbons (Fsp3) is 0.353. The van der Waals surface area contributed by atoms with E-state index in [0.29, 0.717) is 23.7 Å². The summed E-state index contributed by atoms with van der Waals surface area (Å²) in [6, 6.07) is 10.3. The molecule has 0 fully saturated rings. The molecule has 2 rings (SSSR count). The Morgan fingerprint density at radius 3 is 2.44 bits per heavy atom. The molecule has 0 unspecified atom stereocenters. The number of halogens is 1. The monoisotopic (exact) mass is 401 g/mol. The molecule has 25 heavy (non-hydrogen) atoms. The van der Waals surface area contributed by atoms with E-state index in [-0.39, 0.29) is 16.9 Å². The maximum atomic E-state index is 12.0. The lowest BCUT2D eigenvalue weighted by molar-refractivity contribution is -0.121. The van der Waals surface area contributed by atoms with Gasteiger partial charge >= 0.3 is 0 Å². The van der Waals surface area contributed by atoms with Crippen molar-refractivity contribution >= 4 is 38.7 Å². The van der Waals surface area contributed by atoms with Crippen LogP contribution in [-0.2, 0) is 25.8 Å². The van der Waals surface area contributed by atoms with E-state index >= 15 is 0 Å². The van der Waals surface area contributed by atoms with Crippen molar-refractivity contribution in [1.82, 2.24) is 5.32 Å². The molecule has 1 aromatic carbocycles. The second-order valence-electron chi connectivity index (χ2n) is 5.59. The number of rotatable bonds is 8. The number of aryl methyl sites for hydroxylation is 1. The molecule has 1 aromatic heterocycles. The van der Waals surface area contributed by atoms with Gasteiger partial charge in [0.15, 0.2) is 9.84 Å². The fourth-order valence-electron chi connectivity index (χ4n) is 2.26. The molecule has 8 heteroatoms. The molecule has 1 amide bonds. The molecular formula is C17H20ClNO4S2. The highest BCUT2D eigenvalue weighted by molar-refractivity contribution is 7.90. The van der Waals surface area contributed by atoms with Crippen molar-refractivity contribution in [1.29, 1.82) is 0 Å². The number of hydrogen-bond donors (Lipinski definition) is 1. The summed E-state index contributed by atoms with van der Waals surface area (Å²) in [5.74, 6) is -0.0862. The molecule has 0 saturated carbocycles. The van der Waals surface area contributed by atoms with Gasteiger partial charge in [-0.1, -0.05) is 23.7 Å². The van der Waals surface area contributed by atoms with E-state index in [9.17, 15) is 13.2 Å². The highest BCUT2D eigenvalue weighted by atomic mass is 35.5. The zero-order valence-corrected chi connectivity index (χ0v) is 16.4. The predicted molar refractivity (Wildman–Crippen MR) is 100.0 cm³/mol. The number of carbonyl (C=O) groups excluding carboxylic acids is 1. The molecule has 0 aliphatic rings. The molecule has 1 heterocycles. The number of sulfone groups is 1. The van der Waals surface area contributed by atoms with Crippen molar-refractivity contribution in [3.63, 3.8) is 0 Å². The van der Waals surface area contributed by atoms with Crippen LogP contribution >= 0.6 is 22.9 Å². The third-order valence-corrected chi connectivity index (χ3v) is 6.12. The highest BCUT2D eigenvalue weighted by Crippen LogP contribution is 2.28. The minimum atomic E-state index is -3.20. The largest absolute Gasteiger partial charge is 0.374 e. The van der Waals surface area contributed by atoms with Gasteiger partial charge in [-0.3, -0.25) is 4.79 Å². The van der Waals surface area contributed by atoms with Crippen LogP contribution in [0.3, 0.4) is 0 Å². The summed E-state index contributed by atoms with van der Waals surface area (Å²) in [5, 5.41) is 2.85. The summed E-state index contributed by atoms with van der Waals surface area (Å²) in [6.07, 6.45) is 1.80. The van der Waals surface area contributed by atoms with Gasteiger partial charge in [-0.2, -0.15) is 0 Å². The smallest absolute Gasteiger partial charge is 0.220 e. The van der Waals surface area contributed by atoms with Crippen molar-refractivity contribution in [3.05, 3.63) is 51.2 Å². The van der Waals surface area contributed by atoms with Crippen molar-refractivity contribution in [2.45, 2.75) is 23.8 Å². The Kier molecular flexibility index (Phi) is 7.01. The Morgan fingerprint density at radius 1 is 1.24 bits per heavy atom. The first kappa shape index (κ1) is 19.9. The fourth-order valence-corrected chi connectivity index (χ4v) is 4.03. The molecule has 0 aliphatic heterocycles. The van der Waals surface area contributed by atoms with Crippen molar-refractivity contribution in [3.8, 4) is 0 Å². The zero-order valence-electron chi connectivity index (χ0n) is 14.0. The number of methoxy groups -OCH3 is 1. The summed E-state index contributed by atoms with van der Waals surface area (Å²) in [6.45, 7) is 0.374. The van der Waals surface area contributed by atoms with Gasteiger partial charge in [-0.25, -0.2) is 8.42 Å². The Morgan fingerprint density at radius 2 is 1.92 bits per heavy atom. The highest BCUT2D eigenvalue weighted by Gasteiger charge is 2.14. The van der Waals surface area contributed by atoms with E-state index in [0.717, 1.165) is 10.4 Å². The molecule has 0 aliphatic carbocycles. The standard InChI is InChI=1S/C17H20ClNO4S2/c1-23-14(15-8-9-16(18)24-15)11-19-17(20)10-5-12-3-6-13(7-4-12)25(2,21)22/h3-4,6-9,14H,5,10-11H2,1-2H3,(H,19,20)/t14-/m0/s1. The second-order valence-corrected chi connectivity index (χ2v) is 9.35. The van der Waals surface area contributed by atoms with Gasteiger partial charge in [0.25, 0.3) is 0 Å². The van der Waals surface area contributed by atoms with Gasteiger partial charge in [0, 0.05) is 31.2 Å². The summed E-state index contributed by atoms with van der Waals surface area (Å²) >= 11 is 7.34. The third-order valence-electron chi connectivity index (χ3n) is 3.67. The molecular weight excluding hydrogens is 382 g/mol. The topological polar surface area (TPSA) is 72.5 Å². The minimum absolute atomic E-state index is 0.0862. The summed E-state index contributed by atoms with van der Waals surface area (Å²) in [5.41, 5.74) is 0.913. The predicted octanol–water partition coefficient (Wildman–Crippen LogP) is 3.24. The van der Waals surface area contributed by atoms with Gasteiger partial charge in [0.1, 0.15) is 6.10 Å². The number of thiophene rings is 1. The average molecular weight is 402 g/mol.